The summed E-state index contributed by atoms with van der Waals surface area (Å²) < 4.78 is 37.0. The molecule has 0 spiro atoms. The second-order valence-corrected chi connectivity index (χ2v) is 7.40. The highest BCUT2D eigenvalue weighted by molar-refractivity contribution is 7.89. The highest BCUT2D eigenvalue weighted by Crippen LogP contribution is 2.32. The number of benzene rings is 1. The van der Waals surface area contributed by atoms with Gasteiger partial charge in [-0.3, -0.25) is 4.79 Å². The molecule has 23 heavy (non-hydrogen) atoms. The topological polar surface area (TPSA) is 93.1 Å². The minimum Gasteiger partial charge on any atom is -0.493 e. The van der Waals surface area contributed by atoms with E-state index < -0.39 is 16.0 Å². The van der Waals surface area contributed by atoms with Crippen LogP contribution in [0.5, 0.6) is 11.5 Å². The van der Waals surface area contributed by atoms with E-state index in [1.54, 1.807) is 6.07 Å². The lowest BCUT2D eigenvalue weighted by Crippen LogP contribution is -2.38. The van der Waals surface area contributed by atoms with E-state index in [1.807, 2.05) is 0 Å². The number of hydrogen-bond donors (Lipinski definition) is 1. The number of carbonyl (C=O) groups is 1. The predicted molar refractivity (Wildman–Crippen MR) is 83.3 cm³/mol. The van der Waals surface area contributed by atoms with Crippen LogP contribution in [-0.2, 0) is 14.8 Å². The molecule has 1 N–H and O–H groups in total. The molecule has 0 aliphatic carbocycles. The molecule has 1 aromatic rings. The minimum atomic E-state index is -3.62. The van der Waals surface area contributed by atoms with Crippen LogP contribution < -0.4 is 9.47 Å². The monoisotopic (exact) mass is 343 g/mol. The molecular weight excluding hydrogens is 322 g/mol. The maximum atomic E-state index is 12.7. The molecule has 1 aliphatic heterocycles. The first-order valence-electron chi connectivity index (χ1n) is 7.32. The lowest BCUT2D eigenvalue weighted by molar-refractivity contribution is -0.138. The fourth-order valence-corrected chi connectivity index (χ4v) is 4.21. The van der Waals surface area contributed by atoms with E-state index in [2.05, 4.69) is 0 Å². The summed E-state index contributed by atoms with van der Waals surface area (Å²) in [4.78, 5) is 10.9. The molecule has 0 aromatic heterocycles. The molecule has 8 heteroatoms. The average Bonchev–Trinajstić information content (AvgIpc) is 2.54. The van der Waals surface area contributed by atoms with Gasteiger partial charge in [-0.05, 0) is 30.9 Å². The van der Waals surface area contributed by atoms with Gasteiger partial charge in [0, 0.05) is 25.6 Å². The Morgan fingerprint density at radius 2 is 1.83 bits per heavy atom. The Morgan fingerprint density at radius 1 is 1.22 bits per heavy atom. The van der Waals surface area contributed by atoms with Crippen LogP contribution in [-0.4, -0.2) is 51.1 Å². The second-order valence-electron chi connectivity index (χ2n) is 5.46. The van der Waals surface area contributed by atoms with Gasteiger partial charge in [0.1, 0.15) is 0 Å². The van der Waals surface area contributed by atoms with Gasteiger partial charge in [-0.15, -0.1) is 0 Å². The van der Waals surface area contributed by atoms with Gasteiger partial charge in [0.15, 0.2) is 11.5 Å². The van der Waals surface area contributed by atoms with E-state index in [0.717, 1.165) is 0 Å². The number of carboxylic acids is 1. The van der Waals surface area contributed by atoms with E-state index in [-0.39, 0.29) is 17.2 Å². The molecule has 0 amide bonds. The molecule has 7 nitrogen and oxygen atoms in total. The highest BCUT2D eigenvalue weighted by atomic mass is 32.2. The third-order valence-electron chi connectivity index (χ3n) is 4.03. The van der Waals surface area contributed by atoms with Gasteiger partial charge in [-0.2, -0.15) is 4.31 Å². The van der Waals surface area contributed by atoms with Gasteiger partial charge < -0.3 is 14.6 Å². The van der Waals surface area contributed by atoms with Crippen molar-refractivity contribution in [2.75, 3.05) is 27.3 Å². The van der Waals surface area contributed by atoms with Crippen molar-refractivity contribution in [2.24, 2.45) is 5.92 Å². The first-order valence-corrected chi connectivity index (χ1v) is 8.76. The number of nitrogens with zero attached hydrogens (tertiary/aromatic N) is 1. The number of methoxy groups -OCH3 is 2. The van der Waals surface area contributed by atoms with Gasteiger partial charge in [-0.1, -0.05) is 0 Å². The molecular formula is C15H21NO6S. The zero-order chi connectivity index (χ0) is 17.0. The van der Waals surface area contributed by atoms with Crippen LogP contribution in [0.3, 0.4) is 0 Å². The minimum absolute atomic E-state index is 0.0318. The maximum Gasteiger partial charge on any atom is 0.303 e. The summed E-state index contributed by atoms with van der Waals surface area (Å²) in [6, 6.07) is 4.49. The van der Waals surface area contributed by atoms with Crippen LogP contribution in [0.15, 0.2) is 23.1 Å². The Labute approximate surface area is 135 Å². The zero-order valence-corrected chi connectivity index (χ0v) is 14.0. The van der Waals surface area contributed by atoms with E-state index in [0.29, 0.717) is 37.4 Å². The van der Waals surface area contributed by atoms with E-state index in [1.165, 1.54) is 30.7 Å². The van der Waals surface area contributed by atoms with Crippen molar-refractivity contribution < 1.29 is 27.8 Å². The van der Waals surface area contributed by atoms with Crippen molar-refractivity contribution in [3.05, 3.63) is 18.2 Å². The smallest absolute Gasteiger partial charge is 0.303 e. The fourth-order valence-electron chi connectivity index (χ4n) is 2.73. The maximum absolute atomic E-state index is 12.7. The number of aliphatic carboxylic acids is 1. The zero-order valence-electron chi connectivity index (χ0n) is 13.2. The Kier molecular flexibility index (Phi) is 5.48. The summed E-state index contributed by atoms with van der Waals surface area (Å²) in [6.07, 6.45) is 1.20. The number of sulfonamides is 1. The van der Waals surface area contributed by atoms with Gasteiger partial charge in [0.05, 0.1) is 19.1 Å². The molecule has 1 heterocycles. The summed E-state index contributed by atoms with van der Waals surface area (Å²) in [5.41, 5.74) is 0. The van der Waals surface area contributed by atoms with E-state index in [9.17, 15) is 13.2 Å². The van der Waals surface area contributed by atoms with Crippen LogP contribution in [0, 0.1) is 5.92 Å². The Balaban J connectivity index is 2.15. The Bertz CT molecular complexity index is 665. The Hall–Kier alpha value is -1.80. The Morgan fingerprint density at radius 3 is 2.35 bits per heavy atom. The predicted octanol–water partition coefficient (Wildman–Crippen LogP) is 1.58. The molecule has 0 radical (unpaired) electrons. The van der Waals surface area contributed by atoms with E-state index >= 15 is 0 Å². The van der Waals surface area contributed by atoms with Crippen molar-refractivity contribution in [1.82, 2.24) is 4.31 Å². The van der Waals surface area contributed by atoms with Gasteiger partial charge in [-0.25, -0.2) is 8.42 Å². The third-order valence-corrected chi connectivity index (χ3v) is 5.92. The fraction of sp³-hybridized carbons (Fsp3) is 0.533. The van der Waals surface area contributed by atoms with Crippen molar-refractivity contribution in [2.45, 2.75) is 24.2 Å². The number of ether oxygens (including phenoxy) is 2. The molecule has 0 atom stereocenters. The van der Waals surface area contributed by atoms with E-state index in [4.69, 9.17) is 14.6 Å². The van der Waals surface area contributed by atoms with Gasteiger partial charge >= 0.3 is 5.97 Å². The first kappa shape index (κ1) is 17.6. The number of hydrogen-bond acceptors (Lipinski definition) is 5. The average molecular weight is 343 g/mol. The van der Waals surface area contributed by atoms with Crippen LogP contribution in [0.2, 0.25) is 0 Å². The summed E-state index contributed by atoms with van der Waals surface area (Å²) in [7, 11) is -0.686. The number of rotatable bonds is 6. The molecule has 128 valence electrons. The normalized spacial score (nSPS) is 17.0. The number of carboxylic acid groups (broad SMARTS) is 1. The quantitative estimate of drug-likeness (QED) is 0.843. The van der Waals surface area contributed by atoms with Crippen molar-refractivity contribution >= 4 is 16.0 Å². The summed E-state index contributed by atoms with van der Waals surface area (Å²) in [5.74, 6) is 0.0107. The molecule has 0 unspecified atom stereocenters. The van der Waals surface area contributed by atoms with Crippen molar-refractivity contribution in [1.29, 1.82) is 0 Å². The molecule has 2 rings (SSSR count). The van der Waals surface area contributed by atoms with Crippen molar-refractivity contribution in [3.63, 3.8) is 0 Å². The van der Waals surface area contributed by atoms with Crippen LogP contribution in [0.1, 0.15) is 19.3 Å². The van der Waals surface area contributed by atoms with Gasteiger partial charge in [0.2, 0.25) is 10.0 Å². The highest BCUT2D eigenvalue weighted by Gasteiger charge is 2.30. The lowest BCUT2D eigenvalue weighted by Gasteiger charge is -2.30. The van der Waals surface area contributed by atoms with Crippen LogP contribution in [0.4, 0.5) is 0 Å². The van der Waals surface area contributed by atoms with Crippen LogP contribution >= 0.6 is 0 Å². The molecule has 1 saturated heterocycles. The number of piperidine rings is 1. The molecule has 0 saturated carbocycles. The molecule has 0 bridgehead atoms. The second kappa shape index (κ2) is 7.18. The van der Waals surface area contributed by atoms with Crippen LogP contribution in [0.25, 0.3) is 0 Å². The molecule has 1 aromatic carbocycles. The lowest BCUT2D eigenvalue weighted by atomic mass is 9.95. The SMILES string of the molecule is COc1ccc(S(=O)(=O)N2CCC(CC(=O)O)CC2)cc1OC. The molecule has 1 aliphatic rings. The van der Waals surface area contributed by atoms with Gasteiger partial charge in [0.25, 0.3) is 0 Å². The summed E-state index contributed by atoms with van der Waals surface area (Å²) in [5, 5.41) is 8.82. The summed E-state index contributed by atoms with van der Waals surface area (Å²) in [6.45, 7) is 0.656. The summed E-state index contributed by atoms with van der Waals surface area (Å²) >= 11 is 0. The largest absolute Gasteiger partial charge is 0.493 e. The first-order chi connectivity index (χ1) is 10.9. The molecule has 1 fully saturated rings. The third kappa shape index (κ3) is 3.94. The standard InChI is InChI=1S/C15H21NO6S/c1-21-13-4-3-12(10-14(13)22-2)23(19,20)16-7-5-11(6-8-16)9-15(17)18/h3-4,10-11H,5-9H2,1-2H3,(H,17,18). The van der Waals surface area contributed by atoms with Crippen molar-refractivity contribution in [3.8, 4) is 11.5 Å².